The minimum atomic E-state index is -0.578. The van der Waals surface area contributed by atoms with Crippen LogP contribution in [-0.4, -0.2) is 60.0 Å². The molecular weight excluding hydrogens is 360 g/mol. The number of hydrogen-bond acceptors (Lipinski definition) is 6. The Balaban J connectivity index is 1.28. The number of ether oxygens (including phenoxy) is 1. The number of fused-ring (bicyclic) bond motifs is 3. The highest BCUT2D eigenvalue weighted by Gasteiger charge is 2.46. The zero-order valence-electron chi connectivity index (χ0n) is 15.6. The van der Waals surface area contributed by atoms with Crippen molar-refractivity contribution in [3.05, 3.63) is 34.9 Å². The van der Waals surface area contributed by atoms with Crippen LogP contribution in [-0.2, 0) is 27.4 Å². The normalized spacial score (nSPS) is 31.4. The maximum Gasteiger partial charge on any atom is 0.255 e. The van der Waals surface area contributed by atoms with Gasteiger partial charge in [-0.05, 0) is 24.0 Å². The number of amides is 3. The highest BCUT2D eigenvalue weighted by molar-refractivity contribution is 6.05. The molecule has 3 unspecified atom stereocenters. The molecule has 0 saturated carbocycles. The summed E-state index contributed by atoms with van der Waals surface area (Å²) in [7, 11) is 0. The summed E-state index contributed by atoms with van der Waals surface area (Å²) in [6, 6.07) is 5.74. The average Bonchev–Trinajstić information content (AvgIpc) is 3.36. The zero-order chi connectivity index (χ0) is 19.3. The molecule has 3 atom stereocenters. The van der Waals surface area contributed by atoms with Crippen LogP contribution in [0.25, 0.3) is 0 Å². The molecular formula is C20H24N4O4. The van der Waals surface area contributed by atoms with Gasteiger partial charge in [0.2, 0.25) is 11.8 Å². The summed E-state index contributed by atoms with van der Waals surface area (Å²) < 4.78 is 5.94. The van der Waals surface area contributed by atoms with Gasteiger partial charge in [-0.15, -0.1) is 0 Å². The van der Waals surface area contributed by atoms with E-state index in [1.54, 1.807) is 4.90 Å². The molecule has 4 aliphatic rings. The second-order valence-electron chi connectivity index (χ2n) is 8.23. The first kappa shape index (κ1) is 17.8. The Bertz CT molecular complexity index is 847. The van der Waals surface area contributed by atoms with Crippen molar-refractivity contribution in [3.63, 3.8) is 0 Å². The number of rotatable bonds is 5. The Hall–Kier alpha value is -2.29. The van der Waals surface area contributed by atoms with Gasteiger partial charge in [-0.1, -0.05) is 18.2 Å². The van der Waals surface area contributed by atoms with E-state index in [4.69, 9.17) is 4.74 Å². The van der Waals surface area contributed by atoms with Gasteiger partial charge in [0.1, 0.15) is 6.04 Å². The van der Waals surface area contributed by atoms with E-state index in [0.29, 0.717) is 31.1 Å². The molecule has 3 N–H and O–H groups in total. The van der Waals surface area contributed by atoms with Crippen LogP contribution in [0.15, 0.2) is 18.2 Å². The zero-order valence-corrected chi connectivity index (χ0v) is 15.6. The Morgan fingerprint density at radius 2 is 2.18 bits per heavy atom. The van der Waals surface area contributed by atoms with Gasteiger partial charge >= 0.3 is 0 Å². The fraction of sp³-hybridized carbons (Fsp3) is 0.550. The molecule has 3 fully saturated rings. The summed E-state index contributed by atoms with van der Waals surface area (Å²) in [6.07, 6.45) is 1.67. The van der Waals surface area contributed by atoms with Crippen molar-refractivity contribution < 1.29 is 19.1 Å². The SMILES string of the molecule is O=C1CCC(N2Cc3cccc(CNCC45CNC(CO4)C5)c3C2=O)C(=O)N1. The van der Waals surface area contributed by atoms with Crippen LogP contribution in [0.4, 0.5) is 0 Å². The third-order valence-corrected chi connectivity index (χ3v) is 6.32. The molecule has 4 aliphatic heterocycles. The average molecular weight is 384 g/mol. The quantitative estimate of drug-likeness (QED) is 0.601. The number of morpholine rings is 1. The maximum atomic E-state index is 13.1. The van der Waals surface area contributed by atoms with Crippen molar-refractivity contribution in [1.29, 1.82) is 0 Å². The summed E-state index contributed by atoms with van der Waals surface area (Å²) in [5.41, 5.74) is 2.43. The molecule has 28 heavy (non-hydrogen) atoms. The Kier molecular flexibility index (Phi) is 4.22. The van der Waals surface area contributed by atoms with Gasteiger partial charge in [-0.25, -0.2) is 0 Å². The van der Waals surface area contributed by atoms with Crippen molar-refractivity contribution >= 4 is 17.7 Å². The Morgan fingerprint density at radius 3 is 2.89 bits per heavy atom. The molecule has 1 aromatic rings. The highest BCUT2D eigenvalue weighted by Crippen LogP contribution is 2.32. The molecule has 4 heterocycles. The smallest absolute Gasteiger partial charge is 0.255 e. The summed E-state index contributed by atoms with van der Waals surface area (Å²) in [6.45, 7) is 3.35. The fourth-order valence-corrected chi connectivity index (χ4v) is 4.88. The lowest BCUT2D eigenvalue weighted by Crippen LogP contribution is -2.52. The number of nitrogens with zero attached hydrogens (tertiary/aromatic N) is 1. The minimum absolute atomic E-state index is 0.125. The number of nitrogens with one attached hydrogen (secondary N) is 3. The van der Waals surface area contributed by atoms with Crippen LogP contribution < -0.4 is 16.0 Å². The molecule has 8 nitrogen and oxygen atoms in total. The van der Waals surface area contributed by atoms with Crippen LogP contribution in [0.1, 0.15) is 40.7 Å². The molecule has 0 spiro atoms. The van der Waals surface area contributed by atoms with Gasteiger partial charge in [0.15, 0.2) is 0 Å². The van der Waals surface area contributed by atoms with Crippen LogP contribution in [0.5, 0.6) is 0 Å². The van der Waals surface area contributed by atoms with E-state index < -0.39 is 6.04 Å². The molecule has 5 rings (SSSR count). The molecule has 0 radical (unpaired) electrons. The van der Waals surface area contributed by atoms with Gasteiger partial charge in [0.25, 0.3) is 5.91 Å². The predicted octanol–water partition coefficient (Wildman–Crippen LogP) is -0.332. The molecule has 8 heteroatoms. The number of piperidine rings is 1. The van der Waals surface area contributed by atoms with Crippen LogP contribution in [0.3, 0.4) is 0 Å². The lowest BCUT2D eigenvalue weighted by atomic mass is 10.0. The number of hydrogen-bond donors (Lipinski definition) is 3. The largest absolute Gasteiger partial charge is 0.371 e. The number of benzene rings is 1. The lowest BCUT2D eigenvalue weighted by molar-refractivity contribution is -0.136. The number of carbonyl (C=O) groups excluding carboxylic acids is 3. The summed E-state index contributed by atoms with van der Waals surface area (Å²) in [4.78, 5) is 38.3. The first-order chi connectivity index (χ1) is 13.5. The highest BCUT2D eigenvalue weighted by atomic mass is 16.5. The van der Waals surface area contributed by atoms with Crippen LogP contribution in [0.2, 0.25) is 0 Å². The minimum Gasteiger partial charge on any atom is -0.371 e. The standard InChI is InChI=1S/C20H24N4O4/c25-16-5-4-15(18(26)23-16)24-8-13-3-1-2-12(17(13)19(24)27)7-21-10-20-6-14(9-28-20)22-11-20/h1-3,14-15,21-22H,4-11H2,(H,23,25,26). The van der Waals surface area contributed by atoms with Crippen molar-refractivity contribution in [2.45, 2.75) is 50.0 Å². The molecule has 0 aromatic heterocycles. The van der Waals surface area contributed by atoms with Crippen LogP contribution in [0, 0.1) is 0 Å². The van der Waals surface area contributed by atoms with E-state index in [-0.39, 0.29) is 29.7 Å². The van der Waals surface area contributed by atoms with Gasteiger partial charge in [-0.2, -0.15) is 0 Å². The van der Waals surface area contributed by atoms with Gasteiger partial charge in [0, 0.05) is 44.2 Å². The first-order valence-electron chi connectivity index (χ1n) is 9.88. The van der Waals surface area contributed by atoms with E-state index in [9.17, 15) is 14.4 Å². The van der Waals surface area contributed by atoms with Gasteiger partial charge in [-0.3, -0.25) is 19.7 Å². The second kappa shape index (κ2) is 6.65. The first-order valence-corrected chi connectivity index (χ1v) is 9.88. The number of carbonyl (C=O) groups is 3. The van der Waals surface area contributed by atoms with E-state index in [1.807, 2.05) is 18.2 Å². The third kappa shape index (κ3) is 2.92. The van der Waals surface area contributed by atoms with Crippen molar-refractivity contribution in [2.75, 3.05) is 19.7 Å². The lowest BCUT2D eigenvalue weighted by Gasteiger charge is -2.29. The van der Waals surface area contributed by atoms with Gasteiger partial charge in [0.05, 0.1) is 12.2 Å². The fourth-order valence-electron chi connectivity index (χ4n) is 4.88. The maximum absolute atomic E-state index is 13.1. The van der Waals surface area contributed by atoms with Gasteiger partial charge < -0.3 is 20.3 Å². The van der Waals surface area contributed by atoms with Crippen molar-refractivity contribution in [2.24, 2.45) is 0 Å². The summed E-state index contributed by atoms with van der Waals surface area (Å²) in [5, 5.41) is 9.26. The summed E-state index contributed by atoms with van der Waals surface area (Å²) in [5.74, 6) is -0.773. The molecule has 0 aliphatic carbocycles. The summed E-state index contributed by atoms with van der Waals surface area (Å²) >= 11 is 0. The van der Waals surface area contributed by atoms with E-state index >= 15 is 0 Å². The monoisotopic (exact) mass is 384 g/mol. The Labute approximate surface area is 163 Å². The van der Waals surface area contributed by atoms with Crippen molar-refractivity contribution in [1.82, 2.24) is 20.9 Å². The Morgan fingerprint density at radius 1 is 1.29 bits per heavy atom. The number of imide groups is 1. The molecule has 3 saturated heterocycles. The topological polar surface area (TPSA) is 99.8 Å². The van der Waals surface area contributed by atoms with E-state index in [1.165, 1.54) is 0 Å². The van der Waals surface area contributed by atoms with Crippen LogP contribution >= 0.6 is 0 Å². The van der Waals surface area contributed by atoms with Crippen molar-refractivity contribution in [3.8, 4) is 0 Å². The molecule has 3 amide bonds. The molecule has 1 aromatic carbocycles. The predicted molar refractivity (Wildman–Crippen MR) is 99.3 cm³/mol. The molecule has 148 valence electrons. The second-order valence-corrected chi connectivity index (χ2v) is 8.23. The van der Waals surface area contributed by atoms with E-state index in [0.717, 1.165) is 37.2 Å². The third-order valence-electron chi connectivity index (χ3n) is 6.32. The molecule has 2 bridgehead atoms. The van der Waals surface area contributed by atoms with E-state index in [2.05, 4.69) is 16.0 Å².